The van der Waals surface area contributed by atoms with Crippen molar-refractivity contribution in [3.05, 3.63) is 20.8 Å². The van der Waals surface area contributed by atoms with Crippen LogP contribution in [0.2, 0.25) is 0 Å². The van der Waals surface area contributed by atoms with Gasteiger partial charge in [0.25, 0.3) is 5.91 Å². The highest BCUT2D eigenvalue weighted by molar-refractivity contribution is 9.10. The van der Waals surface area contributed by atoms with Crippen molar-refractivity contribution in [1.82, 2.24) is 4.90 Å². The predicted octanol–water partition coefficient (Wildman–Crippen LogP) is 2.45. The van der Waals surface area contributed by atoms with Gasteiger partial charge in [-0.1, -0.05) is 0 Å². The maximum absolute atomic E-state index is 12.1. The zero-order chi connectivity index (χ0) is 12.4. The van der Waals surface area contributed by atoms with Gasteiger partial charge >= 0.3 is 5.97 Å². The van der Waals surface area contributed by atoms with E-state index >= 15 is 0 Å². The summed E-state index contributed by atoms with van der Waals surface area (Å²) >= 11 is 4.74. The van der Waals surface area contributed by atoms with Gasteiger partial charge in [-0.3, -0.25) is 9.59 Å². The third kappa shape index (κ3) is 2.69. The molecule has 1 aliphatic rings. The standard InChI is InChI=1S/C11H12BrNO3S/c12-8-3-6-17-9(8)10(14)13-4-1-7(2-5-13)11(15)16/h3,6-7H,1-2,4-5H2,(H,15,16). The lowest BCUT2D eigenvalue weighted by atomic mass is 9.97. The Balaban J connectivity index is 2.00. The molecule has 0 unspecified atom stereocenters. The number of hydrogen-bond donors (Lipinski definition) is 1. The quantitative estimate of drug-likeness (QED) is 0.911. The SMILES string of the molecule is O=C(O)C1CCN(C(=O)c2sccc2Br)CC1. The number of rotatable bonds is 2. The van der Waals surface area contributed by atoms with Crippen LogP contribution in [0, 0.1) is 5.92 Å². The highest BCUT2D eigenvalue weighted by Gasteiger charge is 2.28. The zero-order valence-corrected chi connectivity index (χ0v) is 11.5. The number of carboxylic acid groups (broad SMARTS) is 1. The summed E-state index contributed by atoms with van der Waals surface area (Å²) in [7, 11) is 0. The Morgan fingerprint density at radius 2 is 2.06 bits per heavy atom. The number of likely N-dealkylation sites (tertiary alicyclic amines) is 1. The monoisotopic (exact) mass is 317 g/mol. The van der Waals surface area contributed by atoms with Gasteiger partial charge < -0.3 is 10.0 Å². The molecule has 2 rings (SSSR count). The summed E-state index contributed by atoms with van der Waals surface area (Å²) in [5, 5.41) is 10.7. The molecule has 1 aromatic heterocycles. The van der Waals surface area contributed by atoms with Crippen molar-refractivity contribution in [3.63, 3.8) is 0 Å². The summed E-state index contributed by atoms with van der Waals surface area (Å²) in [6, 6.07) is 1.85. The van der Waals surface area contributed by atoms with Crippen LogP contribution in [0.3, 0.4) is 0 Å². The van der Waals surface area contributed by atoms with Crippen molar-refractivity contribution in [3.8, 4) is 0 Å². The van der Waals surface area contributed by atoms with Crippen LogP contribution in [0.5, 0.6) is 0 Å². The molecule has 6 heteroatoms. The van der Waals surface area contributed by atoms with Gasteiger partial charge in [0.1, 0.15) is 4.88 Å². The summed E-state index contributed by atoms with van der Waals surface area (Å²) in [6.45, 7) is 1.06. The number of carboxylic acids is 1. The number of aliphatic carboxylic acids is 1. The molecular formula is C11H12BrNO3S. The predicted molar refractivity (Wildman–Crippen MR) is 68.3 cm³/mol. The van der Waals surface area contributed by atoms with Gasteiger partial charge in [-0.05, 0) is 40.2 Å². The third-order valence-corrected chi connectivity index (χ3v) is 4.77. The topological polar surface area (TPSA) is 57.6 Å². The molecule has 0 atom stereocenters. The summed E-state index contributed by atoms with van der Waals surface area (Å²) in [5.74, 6) is -1.06. The normalized spacial score (nSPS) is 17.1. The van der Waals surface area contributed by atoms with Gasteiger partial charge in [-0.2, -0.15) is 0 Å². The van der Waals surface area contributed by atoms with E-state index in [0.29, 0.717) is 30.8 Å². The molecule has 0 aromatic carbocycles. The second-order valence-electron chi connectivity index (χ2n) is 4.00. The Kier molecular flexibility index (Phi) is 3.83. The lowest BCUT2D eigenvalue weighted by molar-refractivity contribution is -0.143. The van der Waals surface area contributed by atoms with Gasteiger partial charge in [0.2, 0.25) is 0 Å². The molecule has 4 nitrogen and oxygen atoms in total. The Morgan fingerprint density at radius 3 is 2.53 bits per heavy atom. The second-order valence-corrected chi connectivity index (χ2v) is 5.77. The summed E-state index contributed by atoms with van der Waals surface area (Å²) in [5.41, 5.74) is 0. The van der Waals surface area contributed by atoms with E-state index < -0.39 is 5.97 Å². The van der Waals surface area contributed by atoms with E-state index in [9.17, 15) is 9.59 Å². The molecule has 1 N–H and O–H groups in total. The molecule has 1 aliphatic heterocycles. The van der Waals surface area contributed by atoms with Gasteiger partial charge in [-0.15, -0.1) is 11.3 Å². The van der Waals surface area contributed by atoms with Crippen molar-refractivity contribution >= 4 is 39.1 Å². The summed E-state index contributed by atoms with van der Waals surface area (Å²) < 4.78 is 0.813. The molecular weight excluding hydrogens is 306 g/mol. The summed E-state index contributed by atoms with van der Waals surface area (Å²) in [4.78, 5) is 25.3. The maximum atomic E-state index is 12.1. The maximum Gasteiger partial charge on any atom is 0.306 e. The van der Waals surface area contributed by atoms with Crippen LogP contribution < -0.4 is 0 Å². The fourth-order valence-corrected chi connectivity index (χ4v) is 3.43. The van der Waals surface area contributed by atoms with E-state index in [1.54, 1.807) is 4.90 Å². The number of thiophene rings is 1. The van der Waals surface area contributed by atoms with Crippen LogP contribution in [0.25, 0.3) is 0 Å². The van der Waals surface area contributed by atoms with E-state index in [1.807, 2.05) is 11.4 Å². The van der Waals surface area contributed by atoms with Crippen molar-refractivity contribution in [2.24, 2.45) is 5.92 Å². The number of halogens is 1. The molecule has 1 fully saturated rings. The minimum absolute atomic E-state index is 0.00397. The van der Waals surface area contributed by atoms with Crippen molar-refractivity contribution in [1.29, 1.82) is 0 Å². The van der Waals surface area contributed by atoms with Crippen molar-refractivity contribution in [2.75, 3.05) is 13.1 Å². The average molecular weight is 318 g/mol. The first-order valence-corrected chi connectivity index (χ1v) is 7.02. The summed E-state index contributed by atoms with van der Waals surface area (Å²) in [6.07, 6.45) is 1.09. The van der Waals surface area contributed by atoms with Crippen LogP contribution >= 0.6 is 27.3 Å². The third-order valence-electron chi connectivity index (χ3n) is 2.94. The number of carbonyl (C=O) groups is 2. The van der Waals surface area contributed by atoms with Crippen LogP contribution in [0.4, 0.5) is 0 Å². The molecule has 0 aliphatic carbocycles. The smallest absolute Gasteiger partial charge is 0.306 e. The molecule has 92 valence electrons. The van der Waals surface area contributed by atoms with Crippen molar-refractivity contribution in [2.45, 2.75) is 12.8 Å². The Morgan fingerprint density at radius 1 is 1.41 bits per heavy atom. The first-order chi connectivity index (χ1) is 8.09. The lowest BCUT2D eigenvalue weighted by Crippen LogP contribution is -2.40. The van der Waals surface area contributed by atoms with Crippen LogP contribution in [-0.2, 0) is 4.79 Å². The van der Waals surface area contributed by atoms with Crippen molar-refractivity contribution < 1.29 is 14.7 Å². The number of hydrogen-bond acceptors (Lipinski definition) is 3. The molecule has 1 aromatic rings. The highest BCUT2D eigenvalue weighted by Crippen LogP contribution is 2.26. The van der Waals surface area contributed by atoms with Crippen LogP contribution in [-0.4, -0.2) is 35.0 Å². The molecule has 0 radical (unpaired) electrons. The van der Waals surface area contributed by atoms with Crippen LogP contribution in [0.1, 0.15) is 22.5 Å². The van der Waals surface area contributed by atoms with E-state index in [1.165, 1.54) is 11.3 Å². The number of piperidine rings is 1. The Bertz CT molecular complexity index is 438. The average Bonchev–Trinajstić information content (AvgIpc) is 2.74. The van der Waals surface area contributed by atoms with E-state index in [-0.39, 0.29) is 11.8 Å². The number of nitrogens with zero attached hydrogens (tertiary/aromatic N) is 1. The van der Waals surface area contributed by atoms with Crippen LogP contribution in [0.15, 0.2) is 15.9 Å². The molecule has 17 heavy (non-hydrogen) atoms. The number of amides is 1. The van der Waals surface area contributed by atoms with Gasteiger partial charge in [0.05, 0.1) is 5.92 Å². The van der Waals surface area contributed by atoms with E-state index in [0.717, 1.165) is 4.47 Å². The molecule has 0 bridgehead atoms. The number of carbonyl (C=O) groups excluding carboxylic acids is 1. The zero-order valence-electron chi connectivity index (χ0n) is 9.06. The Labute approximate surface area is 111 Å². The van der Waals surface area contributed by atoms with Gasteiger partial charge in [-0.25, -0.2) is 0 Å². The van der Waals surface area contributed by atoms with E-state index in [4.69, 9.17) is 5.11 Å². The molecule has 0 spiro atoms. The molecule has 1 saturated heterocycles. The largest absolute Gasteiger partial charge is 0.481 e. The molecule has 1 amide bonds. The fourth-order valence-electron chi connectivity index (χ4n) is 1.92. The lowest BCUT2D eigenvalue weighted by Gasteiger charge is -2.29. The van der Waals surface area contributed by atoms with E-state index in [2.05, 4.69) is 15.9 Å². The first-order valence-electron chi connectivity index (χ1n) is 5.34. The minimum Gasteiger partial charge on any atom is -0.481 e. The molecule has 0 saturated carbocycles. The molecule has 2 heterocycles. The minimum atomic E-state index is -0.755. The Hall–Kier alpha value is -0.880. The van der Waals surface area contributed by atoms with Gasteiger partial charge in [0, 0.05) is 17.6 Å². The highest BCUT2D eigenvalue weighted by atomic mass is 79.9. The fraction of sp³-hybridized carbons (Fsp3) is 0.455. The second kappa shape index (κ2) is 5.18. The first kappa shape index (κ1) is 12.6. The van der Waals surface area contributed by atoms with Gasteiger partial charge in [0.15, 0.2) is 0 Å².